The highest BCUT2D eigenvalue weighted by Gasteiger charge is 2.25. The Morgan fingerprint density at radius 2 is 2.06 bits per heavy atom. The Kier molecular flexibility index (Phi) is 4.78. The van der Waals surface area contributed by atoms with Crippen LogP contribution in [0.2, 0.25) is 0 Å². The standard InChI is InChI=1S/C14H18BrNO2/c15-8-10-4-6-11(7-5-10)14(18)16-9-12-2-1-3-13(12)17/h4-7,12-13,17H,1-3,8-9H2,(H,16,18). The van der Waals surface area contributed by atoms with Crippen LogP contribution in [0, 0.1) is 5.92 Å². The molecule has 0 aliphatic heterocycles. The van der Waals surface area contributed by atoms with Crippen molar-refractivity contribution in [2.75, 3.05) is 6.54 Å². The number of carbonyl (C=O) groups is 1. The number of halogens is 1. The summed E-state index contributed by atoms with van der Waals surface area (Å²) in [6, 6.07) is 7.54. The fraction of sp³-hybridized carbons (Fsp3) is 0.500. The number of carbonyl (C=O) groups excluding carboxylic acids is 1. The summed E-state index contributed by atoms with van der Waals surface area (Å²) in [5.41, 5.74) is 1.82. The van der Waals surface area contributed by atoms with Gasteiger partial charge in [-0.3, -0.25) is 4.79 Å². The van der Waals surface area contributed by atoms with Crippen LogP contribution in [0.25, 0.3) is 0 Å². The van der Waals surface area contributed by atoms with Gasteiger partial charge in [-0.2, -0.15) is 0 Å². The summed E-state index contributed by atoms with van der Waals surface area (Å²) in [7, 11) is 0. The van der Waals surface area contributed by atoms with Gasteiger partial charge in [0, 0.05) is 23.4 Å². The van der Waals surface area contributed by atoms with Gasteiger partial charge in [-0.05, 0) is 30.5 Å². The molecule has 0 aromatic heterocycles. The Labute approximate surface area is 116 Å². The van der Waals surface area contributed by atoms with E-state index < -0.39 is 0 Å². The molecule has 2 N–H and O–H groups in total. The van der Waals surface area contributed by atoms with Crippen molar-refractivity contribution in [2.24, 2.45) is 5.92 Å². The Bertz CT molecular complexity index is 405. The monoisotopic (exact) mass is 311 g/mol. The fourth-order valence-corrected chi connectivity index (χ4v) is 2.70. The predicted molar refractivity (Wildman–Crippen MR) is 74.8 cm³/mol. The van der Waals surface area contributed by atoms with Crippen molar-refractivity contribution in [1.29, 1.82) is 0 Å². The van der Waals surface area contributed by atoms with E-state index in [9.17, 15) is 9.90 Å². The highest BCUT2D eigenvalue weighted by atomic mass is 79.9. The third-order valence-corrected chi connectivity index (χ3v) is 4.16. The SMILES string of the molecule is O=C(NCC1CCCC1O)c1ccc(CBr)cc1. The molecule has 0 saturated heterocycles. The molecule has 0 bridgehead atoms. The maximum absolute atomic E-state index is 11.9. The Hall–Kier alpha value is -0.870. The zero-order valence-corrected chi connectivity index (χ0v) is 11.8. The van der Waals surface area contributed by atoms with Crippen LogP contribution in [-0.2, 0) is 5.33 Å². The van der Waals surface area contributed by atoms with Gasteiger partial charge in [0.25, 0.3) is 5.91 Å². The number of amides is 1. The average Bonchev–Trinajstić information content (AvgIpc) is 2.81. The van der Waals surface area contributed by atoms with E-state index in [0.717, 1.165) is 30.2 Å². The van der Waals surface area contributed by atoms with E-state index in [-0.39, 0.29) is 17.9 Å². The Balaban J connectivity index is 1.87. The molecule has 2 unspecified atom stereocenters. The number of hydrogen-bond donors (Lipinski definition) is 2. The van der Waals surface area contributed by atoms with E-state index in [4.69, 9.17) is 0 Å². The zero-order valence-electron chi connectivity index (χ0n) is 10.2. The summed E-state index contributed by atoms with van der Waals surface area (Å²) in [6.07, 6.45) is 2.67. The highest BCUT2D eigenvalue weighted by Crippen LogP contribution is 2.24. The van der Waals surface area contributed by atoms with Gasteiger partial charge in [-0.15, -0.1) is 0 Å². The lowest BCUT2D eigenvalue weighted by Crippen LogP contribution is -2.32. The van der Waals surface area contributed by atoms with E-state index in [2.05, 4.69) is 21.2 Å². The molecule has 2 rings (SSSR count). The van der Waals surface area contributed by atoms with Crippen molar-refractivity contribution in [3.63, 3.8) is 0 Å². The number of aliphatic hydroxyl groups excluding tert-OH is 1. The lowest BCUT2D eigenvalue weighted by molar-refractivity contribution is 0.0917. The molecular weight excluding hydrogens is 294 g/mol. The Morgan fingerprint density at radius 1 is 1.33 bits per heavy atom. The maximum atomic E-state index is 11.9. The number of aliphatic hydroxyl groups is 1. The van der Waals surface area contributed by atoms with Crippen molar-refractivity contribution >= 4 is 21.8 Å². The quantitative estimate of drug-likeness (QED) is 0.839. The van der Waals surface area contributed by atoms with Crippen LogP contribution in [0.15, 0.2) is 24.3 Å². The van der Waals surface area contributed by atoms with E-state index in [1.165, 1.54) is 0 Å². The molecule has 98 valence electrons. The van der Waals surface area contributed by atoms with Gasteiger partial charge in [-0.25, -0.2) is 0 Å². The average molecular weight is 312 g/mol. The Morgan fingerprint density at radius 3 is 2.61 bits per heavy atom. The van der Waals surface area contributed by atoms with Crippen LogP contribution in [0.3, 0.4) is 0 Å². The first-order valence-electron chi connectivity index (χ1n) is 6.32. The second-order valence-corrected chi connectivity index (χ2v) is 5.36. The molecule has 0 radical (unpaired) electrons. The summed E-state index contributed by atoms with van der Waals surface area (Å²) in [6.45, 7) is 0.570. The summed E-state index contributed by atoms with van der Waals surface area (Å²) in [5.74, 6) is 0.158. The molecular formula is C14H18BrNO2. The summed E-state index contributed by atoms with van der Waals surface area (Å²) >= 11 is 3.37. The van der Waals surface area contributed by atoms with Crippen LogP contribution in [0.4, 0.5) is 0 Å². The molecule has 3 nitrogen and oxygen atoms in total. The molecule has 2 atom stereocenters. The lowest BCUT2D eigenvalue weighted by atomic mass is 10.1. The van der Waals surface area contributed by atoms with Gasteiger partial charge in [0.2, 0.25) is 0 Å². The van der Waals surface area contributed by atoms with E-state index in [1.807, 2.05) is 24.3 Å². The molecule has 4 heteroatoms. The topological polar surface area (TPSA) is 49.3 Å². The van der Waals surface area contributed by atoms with Gasteiger partial charge in [0.1, 0.15) is 0 Å². The number of benzene rings is 1. The van der Waals surface area contributed by atoms with Crippen LogP contribution < -0.4 is 5.32 Å². The summed E-state index contributed by atoms with van der Waals surface area (Å²) in [5, 5.41) is 13.4. The third-order valence-electron chi connectivity index (χ3n) is 3.51. The minimum atomic E-state index is -0.249. The molecule has 1 saturated carbocycles. The predicted octanol–water partition coefficient (Wildman–Crippen LogP) is 2.47. The van der Waals surface area contributed by atoms with Crippen molar-refractivity contribution < 1.29 is 9.90 Å². The second kappa shape index (κ2) is 6.34. The van der Waals surface area contributed by atoms with Crippen molar-refractivity contribution in [1.82, 2.24) is 5.32 Å². The number of rotatable bonds is 4. The number of alkyl halides is 1. The summed E-state index contributed by atoms with van der Waals surface area (Å²) < 4.78 is 0. The molecule has 1 aromatic rings. The molecule has 18 heavy (non-hydrogen) atoms. The third kappa shape index (κ3) is 3.33. The van der Waals surface area contributed by atoms with Gasteiger partial charge in [0.05, 0.1) is 6.10 Å². The van der Waals surface area contributed by atoms with Gasteiger partial charge in [0.15, 0.2) is 0 Å². The van der Waals surface area contributed by atoms with Crippen LogP contribution in [-0.4, -0.2) is 23.7 Å². The fourth-order valence-electron chi connectivity index (χ4n) is 2.33. The molecule has 0 spiro atoms. The highest BCUT2D eigenvalue weighted by molar-refractivity contribution is 9.08. The maximum Gasteiger partial charge on any atom is 0.251 e. The lowest BCUT2D eigenvalue weighted by Gasteiger charge is -2.15. The van der Waals surface area contributed by atoms with Crippen LogP contribution >= 0.6 is 15.9 Å². The smallest absolute Gasteiger partial charge is 0.251 e. The van der Waals surface area contributed by atoms with Crippen molar-refractivity contribution in [3.8, 4) is 0 Å². The molecule has 0 heterocycles. The van der Waals surface area contributed by atoms with Gasteiger partial charge < -0.3 is 10.4 Å². The zero-order chi connectivity index (χ0) is 13.0. The van der Waals surface area contributed by atoms with Crippen molar-refractivity contribution in [3.05, 3.63) is 35.4 Å². The molecule has 1 fully saturated rings. The molecule has 1 aliphatic carbocycles. The first-order chi connectivity index (χ1) is 8.70. The second-order valence-electron chi connectivity index (χ2n) is 4.80. The van der Waals surface area contributed by atoms with E-state index >= 15 is 0 Å². The minimum absolute atomic E-state index is 0.0600. The van der Waals surface area contributed by atoms with Gasteiger partial charge in [-0.1, -0.05) is 34.5 Å². The first kappa shape index (κ1) is 13.6. The molecule has 1 aliphatic rings. The van der Waals surface area contributed by atoms with Crippen LogP contribution in [0.5, 0.6) is 0 Å². The minimum Gasteiger partial charge on any atom is -0.393 e. The number of nitrogens with one attached hydrogen (secondary N) is 1. The normalized spacial score (nSPS) is 23.0. The number of hydrogen-bond acceptors (Lipinski definition) is 2. The van der Waals surface area contributed by atoms with E-state index in [0.29, 0.717) is 12.1 Å². The molecule has 1 amide bonds. The molecule has 1 aromatic carbocycles. The van der Waals surface area contributed by atoms with Crippen LogP contribution in [0.1, 0.15) is 35.2 Å². The van der Waals surface area contributed by atoms with Crippen molar-refractivity contribution in [2.45, 2.75) is 30.7 Å². The largest absolute Gasteiger partial charge is 0.393 e. The summed E-state index contributed by atoms with van der Waals surface area (Å²) in [4.78, 5) is 11.9. The van der Waals surface area contributed by atoms with E-state index in [1.54, 1.807) is 0 Å². The van der Waals surface area contributed by atoms with Gasteiger partial charge >= 0.3 is 0 Å². The first-order valence-corrected chi connectivity index (χ1v) is 7.44.